The van der Waals surface area contributed by atoms with Crippen molar-refractivity contribution in [2.24, 2.45) is 5.73 Å². The first-order valence-corrected chi connectivity index (χ1v) is 7.94. The van der Waals surface area contributed by atoms with Crippen LogP contribution in [0.5, 0.6) is 0 Å². The fourth-order valence-electron chi connectivity index (χ4n) is 2.04. The van der Waals surface area contributed by atoms with Gasteiger partial charge in [0.15, 0.2) is 0 Å². The van der Waals surface area contributed by atoms with Crippen LogP contribution in [0.2, 0.25) is 0 Å². The normalized spacial score (nSPS) is 11.2. The van der Waals surface area contributed by atoms with Crippen molar-refractivity contribution >= 4 is 44.5 Å². The summed E-state index contributed by atoms with van der Waals surface area (Å²) in [6.07, 6.45) is 0. The van der Waals surface area contributed by atoms with Gasteiger partial charge in [-0.15, -0.1) is 0 Å². The molecule has 0 saturated heterocycles. The zero-order valence-corrected chi connectivity index (χ0v) is 14.8. The SMILES string of the molecule is CC(C)(C)c1ccc(Nc2ccc(Br)cc2C(N)=S)cc1. The third-order valence-electron chi connectivity index (χ3n) is 3.28. The number of hydrogen-bond donors (Lipinski definition) is 2. The molecule has 4 heteroatoms. The van der Waals surface area contributed by atoms with E-state index in [1.807, 2.05) is 18.2 Å². The number of benzene rings is 2. The summed E-state index contributed by atoms with van der Waals surface area (Å²) < 4.78 is 0.957. The van der Waals surface area contributed by atoms with Gasteiger partial charge in [0.2, 0.25) is 0 Å². The van der Waals surface area contributed by atoms with E-state index in [1.54, 1.807) is 0 Å². The Bertz CT molecular complexity index is 657. The molecule has 0 heterocycles. The molecule has 0 unspecified atom stereocenters. The molecule has 3 N–H and O–H groups in total. The molecule has 0 amide bonds. The van der Waals surface area contributed by atoms with Crippen LogP contribution in [-0.2, 0) is 5.41 Å². The number of nitrogens with one attached hydrogen (secondary N) is 1. The number of thiocarbonyl (C=S) groups is 1. The third kappa shape index (κ3) is 4.05. The van der Waals surface area contributed by atoms with E-state index in [1.165, 1.54) is 5.56 Å². The summed E-state index contributed by atoms with van der Waals surface area (Å²) in [6, 6.07) is 14.3. The van der Waals surface area contributed by atoms with E-state index in [-0.39, 0.29) is 5.41 Å². The highest BCUT2D eigenvalue weighted by atomic mass is 79.9. The fourth-order valence-corrected chi connectivity index (χ4v) is 2.57. The second kappa shape index (κ2) is 6.16. The second-order valence-corrected chi connectivity index (χ2v) is 7.36. The van der Waals surface area contributed by atoms with Crippen molar-refractivity contribution in [3.63, 3.8) is 0 Å². The predicted octanol–water partition coefficient (Wildman–Crippen LogP) is 5.12. The van der Waals surface area contributed by atoms with Gasteiger partial charge in [-0.2, -0.15) is 0 Å². The minimum Gasteiger partial charge on any atom is -0.389 e. The van der Waals surface area contributed by atoms with Gasteiger partial charge in [-0.3, -0.25) is 0 Å². The van der Waals surface area contributed by atoms with Crippen LogP contribution >= 0.6 is 28.1 Å². The molecule has 0 aliphatic heterocycles. The van der Waals surface area contributed by atoms with Crippen LogP contribution in [0.3, 0.4) is 0 Å². The number of hydrogen-bond acceptors (Lipinski definition) is 2. The number of nitrogens with two attached hydrogens (primary N) is 1. The number of anilines is 2. The van der Waals surface area contributed by atoms with Crippen LogP contribution < -0.4 is 11.1 Å². The van der Waals surface area contributed by atoms with Crippen molar-refractivity contribution in [3.05, 3.63) is 58.1 Å². The molecule has 0 bridgehead atoms. The van der Waals surface area contributed by atoms with Crippen molar-refractivity contribution in [1.29, 1.82) is 0 Å². The van der Waals surface area contributed by atoms with Gasteiger partial charge in [0.05, 0.1) is 0 Å². The first-order chi connectivity index (χ1) is 9.77. The highest BCUT2D eigenvalue weighted by Crippen LogP contribution is 2.27. The van der Waals surface area contributed by atoms with Gasteiger partial charge in [-0.1, -0.05) is 61.1 Å². The van der Waals surface area contributed by atoms with Gasteiger partial charge in [0, 0.05) is 21.4 Å². The van der Waals surface area contributed by atoms with E-state index in [4.69, 9.17) is 18.0 Å². The maximum atomic E-state index is 5.79. The molecule has 0 spiro atoms. The van der Waals surface area contributed by atoms with Crippen molar-refractivity contribution < 1.29 is 0 Å². The Morgan fingerprint density at radius 1 is 1.10 bits per heavy atom. The van der Waals surface area contributed by atoms with Crippen LogP contribution in [-0.4, -0.2) is 4.99 Å². The molecular formula is C17H19BrN2S. The maximum absolute atomic E-state index is 5.79. The van der Waals surface area contributed by atoms with E-state index >= 15 is 0 Å². The van der Waals surface area contributed by atoms with E-state index < -0.39 is 0 Å². The van der Waals surface area contributed by atoms with E-state index in [0.717, 1.165) is 21.4 Å². The van der Waals surface area contributed by atoms with E-state index in [0.29, 0.717) is 4.99 Å². The lowest BCUT2D eigenvalue weighted by atomic mass is 9.87. The highest BCUT2D eigenvalue weighted by molar-refractivity contribution is 9.10. The highest BCUT2D eigenvalue weighted by Gasteiger charge is 2.13. The summed E-state index contributed by atoms with van der Waals surface area (Å²) >= 11 is 8.55. The molecule has 2 nitrogen and oxygen atoms in total. The lowest BCUT2D eigenvalue weighted by Crippen LogP contribution is -2.12. The molecule has 0 radical (unpaired) electrons. The average molecular weight is 363 g/mol. The molecule has 2 aromatic carbocycles. The predicted molar refractivity (Wildman–Crippen MR) is 98.5 cm³/mol. The minimum atomic E-state index is 0.153. The summed E-state index contributed by atoms with van der Waals surface area (Å²) in [6.45, 7) is 6.61. The first kappa shape index (κ1) is 16.0. The molecule has 0 atom stereocenters. The van der Waals surface area contributed by atoms with Gasteiger partial charge in [-0.05, 0) is 41.3 Å². The molecule has 2 aromatic rings. The zero-order valence-electron chi connectivity index (χ0n) is 12.4. The second-order valence-electron chi connectivity index (χ2n) is 6.01. The Balaban J connectivity index is 2.28. The van der Waals surface area contributed by atoms with Crippen LogP contribution in [0, 0.1) is 0 Å². The minimum absolute atomic E-state index is 0.153. The quantitative estimate of drug-likeness (QED) is 0.743. The summed E-state index contributed by atoms with van der Waals surface area (Å²) in [5.41, 5.74) is 10.0. The van der Waals surface area contributed by atoms with Gasteiger partial charge < -0.3 is 11.1 Å². The molecule has 0 fully saturated rings. The van der Waals surface area contributed by atoms with Crippen LogP contribution in [0.1, 0.15) is 31.9 Å². The fraction of sp³-hybridized carbons (Fsp3) is 0.235. The largest absolute Gasteiger partial charge is 0.389 e. The summed E-state index contributed by atoms with van der Waals surface area (Å²) in [7, 11) is 0. The molecule has 0 aliphatic carbocycles. The molecule has 21 heavy (non-hydrogen) atoms. The van der Waals surface area contributed by atoms with Gasteiger partial charge in [0.25, 0.3) is 0 Å². The Labute approximate surface area is 139 Å². The van der Waals surface area contributed by atoms with Crippen LogP contribution in [0.4, 0.5) is 11.4 Å². The lowest BCUT2D eigenvalue weighted by molar-refractivity contribution is 0.590. The molecule has 0 aliphatic rings. The lowest BCUT2D eigenvalue weighted by Gasteiger charge is -2.19. The first-order valence-electron chi connectivity index (χ1n) is 6.74. The molecule has 0 aromatic heterocycles. The van der Waals surface area contributed by atoms with Crippen molar-refractivity contribution in [3.8, 4) is 0 Å². The van der Waals surface area contributed by atoms with Crippen molar-refractivity contribution in [1.82, 2.24) is 0 Å². The third-order valence-corrected chi connectivity index (χ3v) is 3.99. The van der Waals surface area contributed by atoms with E-state index in [2.05, 4.69) is 66.3 Å². The molecule has 2 rings (SSSR count). The summed E-state index contributed by atoms with van der Waals surface area (Å²) in [5.74, 6) is 0. The number of rotatable bonds is 3. The molecular weight excluding hydrogens is 344 g/mol. The van der Waals surface area contributed by atoms with Gasteiger partial charge in [0.1, 0.15) is 4.99 Å². The average Bonchev–Trinajstić information content (AvgIpc) is 2.40. The standard InChI is InChI=1S/C17H19BrN2S/c1-17(2,3)11-4-7-13(8-5-11)20-15-9-6-12(18)10-14(15)16(19)21/h4-10,20H,1-3H3,(H2,19,21). The molecule has 110 valence electrons. The molecule has 0 saturated carbocycles. The summed E-state index contributed by atoms with van der Waals surface area (Å²) in [5, 5.41) is 3.37. The maximum Gasteiger partial charge on any atom is 0.106 e. The van der Waals surface area contributed by atoms with Crippen LogP contribution in [0.25, 0.3) is 0 Å². The van der Waals surface area contributed by atoms with Gasteiger partial charge in [-0.25, -0.2) is 0 Å². The van der Waals surface area contributed by atoms with Crippen molar-refractivity contribution in [2.75, 3.05) is 5.32 Å². The summed E-state index contributed by atoms with van der Waals surface area (Å²) in [4.78, 5) is 0.380. The van der Waals surface area contributed by atoms with Gasteiger partial charge >= 0.3 is 0 Å². The Morgan fingerprint density at radius 3 is 2.24 bits per heavy atom. The number of halogens is 1. The van der Waals surface area contributed by atoms with Crippen LogP contribution in [0.15, 0.2) is 46.9 Å². The van der Waals surface area contributed by atoms with Crippen molar-refractivity contribution in [2.45, 2.75) is 26.2 Å². The smallest absolute Gasteiger partial charge is 0.106 e. The van der Waals surface area contributed by atoms with E-state index in [9.17, 15) is 0 Å². The Morgan fingerprint density at radius 2 is 1.71 bits per heavy atom. The zero-order chi connectivity index (χ0) is 15.6. The monoisotopic (exact) mass is 362 g/mol. The Kier molecular flexibility index (Phi) is 4.69. The Hall–Kier alpha value is -1.39. The topological polar surface area (TPSA) is 38.0 Å².